The Balaban J connectivity index is 2.70. The molecule has 0 saturated carbocycles. The molecule has 0 aliphatic carbocycles. The largest absolute Gasteiger partial charge is 0.480 e. The zero-order valence-corrected chi connectivity index (χ0v) is 10.9. The standard InChI is InChI=1S/C13H11F3N2O3/c1-2-10(12(20)21)18-6-17-9-4-3-7(13(14,15)16)5-8(9)11(18)19/h3-6,10H,2H2,1H3,(H,20,21). The normalized spacial score (nSPS) is 13.3. The number of alkyl halides is 3. The summed E-state index contributed by atoms with van der Waals surface area (Å²) in [4.78, 5) is 27.1. The number of benzene rings is 1. The van der Waals surface area contributed by atoms with Crippen molar-refractivity contribution in [2.24, 2.45) is 0 Å². The predicted octanol–water partition coefficient (Wildman–Crippen LogP) is 2.45. The molecule has 0 radical (unpaired) electrons. The second kappa shape index (κ2) is 5.19. The van der Waals surface area contributed by atoms with Crippen molar-refractivity contribution in [2.75, 3.05) is 0 Å². The highest BCUT2D eigenvalue weighted by Crippen LogP contribution is 2.30. The Morgan fingerprint density at radius 3 is 2.62 bits per heavy atom. The van der Waals surface area contributed by atoms with Crippen molar-refractivity contribution in [1.82, 2.24) is 9.55 Å². The van der Waals surface area contributed by atoms with Crippen LogP contribution in [0.3, 0.4) is 0 Å². The molecule has 0 fully saturated rings. The fourth-order valence-electron chi connectivity index (χ4n) is 2.02. The lowest BCUT2D eigenvalue weighted by Gasteiger charge is -2.14. The van der Waals surface area contributed by atoms with Gasteiger partial charge in [-0.1, -0.05) is 6.92 Å². The number of fused-ring (bicyclic) bond motifs is 1. The molecule has 5 nitrogen and oxygen atoms in total. The molecule has 21 heavy (non-hydrogen) atoms. The number of aliphatic carboxylic acids is 1. The minimum atomic E-state index is -4.59. The van der Waals surface area contributed by atoms with Gasteiger partial charge in [0.1, 0.15) is 6.04 Å². The van der Waals surface area contributed by atoms with Crippen molar-refractivity contribution in [1.29, 1.82) is 0 Å². The molecule has 112 valence electrons. The van der Waals surface area contributed by atoms with Crippen LogP contribution in [0.25, 0.3) is 10.9 Å². The number of hydrogen-bond donors (Lipinski definition) is 1. The van der Waals surface area contributed by atoms with Gasteiger partial charge in [0.25, 0.3) is 5.56 Å². The first-order chi connectivity index (χ1) is 9.75. The molecule has 0 aliphatic heterocycles. The Hall–Kier alpha value is -2.38. The highest BCUT2D eigenvalue weighted by molar-refractivity contribution is 5.79. The molecule has 0 aliphatic rings. The molecule has 8 heteroatoms. The van der Waals surface area contributed by atoms with E-state index < -0.39 is 29.3 Å². The Labute approximate surface area is 116 Å². The number of carboxylic acids is 1. The molecule has 0 spiro atoms. The van der Waals surface area contributed by atoms with E-state index in [1.165, 1.54) is 0 Å². The first-order valence-corrected chi connectivity index (χ1v) is 6.06. The van der Waals surface area contributed by atoms with E-state index in [-0.39, 0.29) is 17.3 Å². The van der Waals surface area contributed by atoms with Gasteiger partial charge in [-0.25, -0.2) is 9.78 Å². The van der Waals surface area contributed by atoms with Gasteiger partial charge in [0.15, 0.2) is 0 Å². The molecule has 0 amide bonds. The van der Waals surface area contributed by atoms with E-state index in [0.717, 1.165) is 23.0 Å². The number of carboxylic acid groups (broad SMARTS) is 1. The van der Waals surface area contributed by atoms with Gasteiger partial charge in [-0.05, 0) is 24.6 Å². The van der Waals surface area contributed by atoms with E-state index >= 15 is 0 Å². The third-order valence-corrected chi connectivity index (χ3v) is 3.12. The molecule has 1 heterocycles. The first-order valence-electron chi connectivity index (χ1n) is 6.06. The van der Waals surface area contributed by atoms with E-state index in [1.807, 2.05) is 0 Å². The molecule has 0 saturated heterocycles. The zero-order chi connectivity index (χ0) is 15.8. The third-order valence-electron chi connectivity index (χ3n) is 3.12. The van der Waals surface area contributed by atoms with Gasteiger partial charge in [-0.3, -0.25) is 9.36 Å². The van der Waals surface area contributed by atoms with Crippen LogP contribution in [0.4, 0.5) is 13.2 Å². The van der Waals surface area contributed by atoms with Crippen molar-refractivity contribution in [2.45, 2.75) is 25.6 Å². The maximum absolute atomic E-state index is 12.7. The summed E-state index contributed by atoms with van der Waals surface area (Å²) in [7, 11) is 0. The van der Waals surface area contributed by atoms with E-state index in [9.17, 15) is 22.8 Å². The van der Waals surface area contributed by atoms with Gasteiger partial charge in [-0.2, -0.15) is 13.2 Å². The van der Waals surface area contributed by atoms with Crippen LogP contribution in [0.15, 0.2) is 29.3 Å². The lowest BCUT2D eigenvalue weighted by Crippen LogP contribution is -2.29. The number of nitrogens with zero attached hydrogens (tertiary/aromatic N) is 2. The quantitative estimate of drug-likeness (QED) is 0.945. The Kier molecular flexibility index (Phi) is 3.71. The Bertz CT molecular complexity index is 752. The summed E-state index contributed by atoms with van der Waals surface area (Å²) < 4.78 is 38.9. The SMILES string of the molecule is CCC(C(=O)O)n1cnc2ccc(C(F)(F)F)cc2c1=O. The van der Waals surface area contributed by atoms with Crippen LogP contribution >= 0.6 is 0 Å². The molecule has 2 aromatic rings. The summed E-state index contributed by atoms with van der Waals surface area (Å²) in [5.41, 5.74) is -1.69. The maximum atomic E-state index is 12.7. The highest BCUT2D eigenvalue weighted by atomic mass is 19.4. The summed E-state index contributed by atoms with van der Waals surface area (Å²) >= 11 is 0. The van der Waals surface area contributed by atoms with Crippen LogP contribution in [0.1, 0.15) is 24.9 Å². The van der Waals surface area contributed by atoms with Gasteiger partial charge < -0.3 is 5.11 Å². The van der Waals surface area contributed by atoms with Crippen LogP contribution in [0.2, 0.25) is 0 Å². The summed E-state index contributed by atoms with van der Waals surface area (Å²) in [6.45, 7) is 1.56. The highest BCUT2D eigenvalue weighted by Gasteiger charge is 2.31. The van der Waals surface area contributed by atoms with Crippen LogP contribution in [-0.4, -0.2) is 20.6 Å². The molecule has 1 unspecified atom stereocenters. The first kappa shape index (κ1) is 15.0. The number of hydrogen-bond acceptors (Lipinski definition) is 3. The molecular formula is C13H11F3N2O3. The topological polar surface area (TPSA) is 72.2 Å². The van der Waals surface area contributed by atoms with Crippen LogP contribution in [0.5, 0.6) is 0 Å². The average molecular weight is 300 g/mol. The van der Waals surface area contributed by atoms with Gasteiger partial charge in [0, 0.05) is 0 Å². The molecule has 2 rings (SSSR count). The summed E-state index contributed by atoms with van der Waals surface area (Å²) in [5.74, 6) is -1.24. The predicted molar refractivity (Wildman–Crippen MR) is 68.0 cm³/mol. The monoisotopic (exact) mass is 300 g/mol. The minimum absolute atomic E-state index is 0.0875. The van der Waals surface area contributed by atoms with E-state index in [0.29, 0.717) is 6.07 Å². The zero-order valence-electron chi connectivity index (χ0n) is 10.9. The molecule has 1 aromatic carbocycles. The smallest absolute Gasteiger partial charge is 0.416 e. The fraction of sp³-hybridized carbons (Fsp3) is 0.308. The molecule has 1 aromatic heterocycles. The molecule has 1 atom stereocenters. The summed E-state index contributed by atoms with van der Waals surface area (Å²) in [6.07, 6.45) is -3.43. The average Bonchev–Trinajstić information content (AvgIpc) is 2.40. The van der Waals surface area contributed by atoms with Crippen LogP contribution in [-0.2, 0) is 11.0 Å². The number of carbonyl (C=O) groups is 1. The summed E-state index contributed by atoms with van der Waals surface area (Å²) in [5, 5.41) is 8.78. The molecular weight excluding hydrogens is 289 g/mol. The van der Waals surface area contributed by atoms with Gasteiger partial charge >= 0.3 is 12.1 Å². The van der Waals surface area contributed by atoms with E-state index in [4.69, 9.17) is 5.11 Å². The van der Waals surface area contributed by atoms with Gasteiger partial charge in [0.2, 0.25) is 0 Å². The van der Waals surface area contributed by atoms with Gasteiger partial charge in [0.05, 0.1) is 22.8 Å². The fourth-order valence-corrected chi connectivity index (χ4v) is 2.02. The second-order valence-corrected chi connectivity index (χ2v) is 4.45. The second-order valence-electron chi connectivity index (χ2n) is 4.45. The Morgan fingerprint density at radius 1 is 1.43 bits per heavy atom. The maximum Gasteiger partial charge on any atom is 0.416 e. The lowest BCUT2D eigenvalue weighted by atomic mass is 10.1. The van der Waals surface area contributed by atoms with Crippen LogP contribution < -0.4 is 5.56 Å². The van der Waals surface area contributed by atoms with Crippen molar-refractivity contribution in [3.8, 4) is 0 Å². The van der Waals surface area contributed by atoms with Crippen molar-refractivity contribution >= 4 is 16.9 Å². The molecule has 1 N–H and O–H groups in total. The lowest BCUT2D eigenvalue weighted by molar-refractivity contribution is -0.141. The summed E-state index contributed by atoms with van der Waals surface area (Å²) in [6, 6.07) is 1.44. The van der Waals surface area contributed by atoms with Gasteiger partial charge in [-0.15, -0.1) is 0 Å². The van der Waals surface area contributed by atoms with Crippen molar-refractivity contribution < 1.29 is 23.1 Å². The number of aromatic nitrogens is 2. The van der Waals surface area contributed by atoms with E-state index in [2.05, 4.69) is 4.98 Å². The van der Waals surface area contributed by atoms with Crippen molar-refractivity contribution in [3.05, 3.63) is 40.4 Å². The Morgan fingerprint density at radius 2 is 2.10 bits per heavy atom. The number of rotatable bonds is 3. The van der Waals surface area contributed by atoms with E-state index in [1.54, 1.807) is 6.92 Å². The van der Waals surface area contributed by atoms with Crippen LogP contribution in [0, 0.1) is 0 Å². The number of halogens is 3. The van der Waals surface area contributed by atoms with Crippen molar-refractivity contribution in [3.63, 3.8) is 0 Å². The minimum Gasteiger partial charge on any atom is -0.480 e. The molecule has 0 bridgehead atoms. The third kappa shape index (κ3) is 2.74.